The Morgan fingerprint density at radius 3 is 2.37 bits per heavy atom. The van der Waals surface area contributed by atoms with E-state index in [1.165, 1.54) is 49.3 Å². The number of hydrogen-bond donors (Lipinski definition) is 1. The van der Waals surface area contributed by atoms with Crippen molar-refractivity contribution >= 4 is 29.3 Å². The second-order valence-electron chi connectivity index (χ2n) is 6.28. The Hall–Kier alpha value is -3.15. The SMILES string of the molecule is O=C(COC(=O)/C=C/c1ccc(F)cc1)Nc1ccc(N2CCCC2)cc1. The summed E-state index contributed by atoms with van der Waals surface area (Å²) in [7, 11) is 0. The first kappa shape index (κ1) is 18.6. The van der Waals surface area contributed by atoms with Gasteiger partial charge < -0.3 is 15.0 Å². The molecule has 0 radical (unpaired) electrons. The number of nitrogens with one attached hydrogen (secondary N) is 1. The molecule has 27 heavy (non-hydrogen) atoms. The fraction of sp³-hybridized carbons (Fsp3) is 0.238. The first-order chi connectivity index (χ1) is 13.1. The van der Waals surface area contributed by atoms with Gasteiger partial charge in [-0.15, -0.1) is 0 Å². The quantitative estimate of drug-likeness (QED) is 0.625. The van der Waals surface area contributed by atoms with Crippen LogP contribution in [0.25, 0.3) is 6.08 Å². The van der Waals surface area contributed by atoms with Crippen molar-refractivity contribution in [3.8, 4) is 0 Å². The standard InChI is InChI=1S/C21H21FN2O3/c22-17-6-3-16(4-7-17)5-12-21(26)27-15-20(25)23-18-8-10-19(11-9-18)24-13-1-2-14-24/h3-12H,1-2,13-15H2,(H,23,25)/b12-5+. The molecule has 0 aliphatic carbocycles. The Balaban J connectivity index is 1.43. The number of carbonyl (C=O) groups excluding carboxylic acids is 2. The van der Waals surface area contributed by atoms with Crippen LogP contribution in [0.2, 0.25) is 0 Å². The number of carbonyl (C=O) groups is 2. The summed E-state index contributed by atoms with van der Waals surface area (Å²) < 4.78 is 17.7. The van der Waals surface area contributed by atoms with Crippen LogP contribution in [-0.4, -0.2) is 31.6 Å². The van der Waals surface area contributed by atoms with Gasteiger partial charge in [0.2, 0.25) is 0 Å². The number of anilines is 2. The van der Waals surface area contributed by atoms with Crippen molar-refractivity contribution in [2.24, 2.45) is 0 Å². The maximum Gasteiger partial charge on any atom is 0.331 e. The minimum atomic E-state index is -0.640. The van der Waals surface area contributed by atoms with Gasteiger partial charge in [-0.3, -0.25) is 4.79 Å². The van der Waals surface area contributed by atoms with E-state index >= 15 is 0 Å². The highest BCUT2D eigenvalue weighted by Crippen LogP contribution is 2.21. The van der Waals surface area contributed by atoms with Gasteiger partial charge in [0.15, 0.2) is 6.61 Å². The van der Waals surface area contributed by atoms with Crippen molar-refractivity contribution in [1.82, 2.24) is 0 Å². The maximum atomic E-state index is 12.8. The van der Waals surface area contributed by atoms with E-state index < -0.39 is 11.9 Å². The molecule has 0 aromatic heterocycles. The van der Waals surface area contributed by atoms with Crippen LogP contribution in [0.15, 0.2) is 54.6 Å². The van der Waals surface area contributed by atoms with Gasteiger partial charge in [0, 0.05) is 30.5 Å². The normalized spacial score (nSPS) is 13.7. The Morgan fingerprint density at radius 1 is 1.04 bits per heavy atom. The second-order valence-corrected chi connectivity index (χ2v) is 6.28. The molecule has 1 saturated heterocycles. The molecule has 2 aromatic rings. The number of hydrogen-bond acceptors (Lipinski definition) is 4. The third-order valence-corrected chi connectivity index (χ3v) is 4.25. The Kier molecular flexibility index (Phi) is 6.20. The summed E-state index contributed by atoms with van der Waals surface area (Å²) >= 11 is 0. The number of nitrogens with zero attached hydrogens (tertiary/aromatic N) is 1. The van der Waals surface area contributed by atoms with Crippen LogP contribution < -0.4 is 10.2 Å². The molecule has 3 rings (SSSR count). The van der Waals surface area contributed by atoms with Gasteiger partial charge in [0.05, 0.1) is 0 Å². The maximum absolute atomic E-state index is 12.8. The molecular weight excluding hydrogens is 347 g/mol. The molecule has 1 heterocycles. The van der Waals surface area contributed by atoms with Crippen LogP contribution in [0.3, 0.4) is 0 Å². The molecule has 0 spiro atoms. The zero-order valence-electron chi connectivity index (χ0n) is 14.9. The molecule has 0 unspecified atom stereocenters. The van der Waals surface area contributed by atoms with E-state index in [1.807, 2.05) is 24.3 Å². The summed E-state index contributed by atoms with van der Waals surface area (Å²) in [6.45, 7) is 1.75. The predicted molar refractivity (Wildman–Crippen MR) is 103 cm³/mol. The zero-order chi connectivity index (χ0) is 19.1. The highest BCUT2D eigenvalue weighted by Gasteiger charge is 2.12. The summed E-state index contributed by atoms with van der Waals surface area (Å²) in [4.78, 5) is 25.9. The van der Waals surface area contributed by atoms with Gasteiger partial charge in [-0.05, 0) is 60.9 Å². The largest absolute Gasteiger partial charge is 0.452 e. The van der Waals surface area contributed by atoms with Gasteiger partial charge in [-0.2, -0.15) is 0 Å². The zero-order valence-corrected chi connectivity index (χ0v) is 14.9. The minimum Gasteiger partial charge on any atom is -0.452 e. The van der Waals surface area contributed by atoms with Crippen LogP contribution in [0, 0.1) is 5.82 Å². The summed E-state index contributed by atoms with van der Waals surface area (Å²) in [5.74, 6) is -1.40. The monoisotopic (exact) mass is 368 g/mol. The predicted octanol–water partition coefficient (Wildman–Crippen LogP) is 3.62. The lowest BCUT2D eigenvalue weighted by molar-refractivity contribution is -0.142. The van der Waals surface area contributed by atoms with Gasteiger partial charge in [-0.1, -0.05) is 12.1 Å². The van der Waals surface area contributed by atoms with Crippen molar-refractivity contribution in [3.05, 3.63) is 66.0 Å². The fourth-order valence-corrected chi connectivity index (χ4v) is 2.85. The minimum absolute atomic E-state index is 0.347. The lowest BCUT2D eigenvalue weighted by Gasteiger charge is -2.17. The number of ether oxygens (including phenoxy) is 1. The van der Waals surface area contributed by atoms with Gasteiger partial charge in [0.1, 0.15) is 5.82 Å². The average molecular weight is 368 g/mol. The molecule has 1 aliphatic rings. The molecule has 1 fully saturated rings. The molecule has 1 amide bonds. The van der Waals surface area contributed by atoms with E-state index in [-0.39, 0.29) is 12.4 Å². The first-order valence-corrected chi connectivity index (χ1v) is 8.85. The number of amides is 1. The second kappa shape index (κ2) is 8.98. The number of benzene rings is 2. The first-order valence-electron chi connectivity index (χ1n) is 8.85. The number of rotatable bonds is 6. The van der Waals surface area contributed by atoms with Crippen molar-refractivity contribution in [2.75, 3.05) is 29.9 Å². The van der Waals surface area contributed by atoms with Gasteiger partial charge >= 0.3 is 5.97 Å². The van der Waals surface area contributed by atoms with Crippen LogP contribution >= 0.6 is 0 Å². The smallest absolute Gasteiger partial charge is 0.331 e. The summed E-state index contributed by atoms with van der Waals surface area (Å²) in [5.41, 5.74) is 2.46. The molecule has 1 N–H and O–H groups in total. The van der Waals surface area contributed by atoms with E-state index in [1.54, 1.807) is 0 Å². The van der Waals surface area contributed by atoms with E-state index in [4.69, 9.17) is 4.74 Å². The summed E-state index contributed by atoms with van der Waals surface area (Å²) in [6, 6.07) is 13.3. The Bertz CT molecular complexity index is 810. The average Bonchev–Trinajstić information content (AvgIpc) is 3.21. The van der Waals surface area contributed by atoms with Crippen molar-refractivity contribution in [3.63, 3.8) is 0 Å². The topological polar surface area (TPSA) is 58.6 Å². The highest BCUT2D eigenvalue weighted by molar-refractivity contribution is 5.94. The van der Waals surface area contributed by atoms with E-state index in [9.17, 15) is 14.0 Å². The third-order valence-electron chi connectivity index (χ3n) is 4.25. The molecule has 5 nitrogen and oxygen atoms in total. The number of halogens is 1. The highest BCUT2D eigenvalue weighted by atomic mass is 19.1. The molecule has 0 saturated carbocycles. The van der Waals surface area contributed by atoms with Crippen LogP contribution in [0.5, 0.6) is 0 Å². The van der Waals surface area contributed by atoms with Gasteiger partial charge in [0.25, 0.3) is 5.91 Å². The third kappa shape index (κ3) is 5.67. The van der Waals surface area contributed by atoms with Crippen LogP contribution in [0.1, 0.15) is 18.4 Å². The van der Waals surface area contributed by atoms with Crippen molar-refractivity contribution in [2.45, 2.75) is 12.8 Å². The van der Waals surface area contributed by atoms with E-state index in [0.717, 1.165) is 18.8 Å². The van der Waals surface area contributed by atoms with E-state index in [0.29, 0.717) is 11.3 Å². The molecular formula is C21H21FN2O3. The lowest BCUT2D eigenvalue weighted by Crippen LogP contribution is -2.20. The summed E-state index contributed by atoms with van der Waals surface area (Å²) in [6.07, 6.45) is 5.11. The van der Waals surface area contributed by atoms with Crippen LogP contribution in [0.4, 0.5) is 15.8 Å². The fourth-order valence-electron chi connectivity index (χ4n) is 2.85. The van der Waals surface area contributed by atoms with Crippen molar-refractivity contribution < 1.29 is 18.7 Å². The molecule has 1 aliphatic heterocycles. The van der Waals surface area contributed by atoms with Gasteiger partial charge in [-0.25, -0.2) is 9.18 Å². The molecule has 6 heteroatoms. The molecule has 2 aromatic carbocycles. The summed E-state index contributed by atoms with van der Waals surface area (Å²) in [5, 5.41) is 2.69. The Morgan fingerprint density at radius 2 is 1.70 bits per heavy atom. The molecule has 0 atom stereocenters. The van der Waals surface area contributed by atoms with Crippen LogP contribution in [-0.2, 0) is 14.3 Å². The molecule has 140 valence electrons. The number of esters is 1. The van der Waals surface area contributed by atoms with E-state index in [2.05, 4.69) is 10.2 Å². The van der Waals surface area contributed by atoms with Crippen molar-refractivity contribution in [1.29, 1.82) is 0 Å². The lowest BCUT2D eigenvalue weighted by atomic mass is 10.2. The Labute approximate surface area is 157 Å². The molecule has 0 bridgehead atoms.